The van der Waals surface area contributed by atoms with Gasteiger partial charge >= 0.3 is 5.97 Å². The van der Waals surface area contributed by atoms with Gasteiger partial charge in [0.1, 0.15) is 0 Å². The Labute approximate surface area is 105 Å². The first-order valence-corrected chi connectivity index (χ1v) is 7.32. The molecule has 0 saturated carbocycles. The van der Waals surface area contributed by atoms with E-state index < -0.39 is 15.0 Å². The van der Waals surface area contributed by atoms with Crippen LogP contribution in [0.1, 0.15) is 27.3 Å². The van der Waals surface area contributed by atoms with Crippen molar-refractivity contribution in [3.63, 3.8) is 0 Å². The summed E-state index contributed by atoms with van der Waals surface area (Å²) in [6, 6.07) is 0. The van der Waals surface area contributed by atoms with E-state index in [0.717, 1.165) is 0 Å². The normalized spacial score (nSPS) is 11.6. The molecule has 0 unspecified atom stereocenters. The van der Waals surface area contributed by atoms with E-state index in [4.69, 9.17) is 10.7 Å². The lowest BCUT2D eigenvalue weighted by molar-refractivity contribution is 0.0599. The number of rotatable bonds is 3. The third-order valence-corrected chi connectivity index (χ3v) is 3.77. The summed E-state index contributed by atoms with van der Waals surface area (Å²) in [4.78, 5) is 11.6. The number of carbonyl (C=O) groups excluding carboxylic acids is 1. The van der Waals surface area contributed by atoms with E-state index in [1.165, 1.54) is 7.11 Å². The molecule has 0 aromatic carbocycles. The van der Waals surface area contributed by atoms with Crippen molar-refractivity contribution in [1.82, 2.24) is 4.57 Å². The molecule has 0 aliphatic carbocycles. The molecule has 7 heteroatoms. The first-order chi connectivity index (χ1) is 7.69. The van der Waals surface area contributed by atoms with Gasteiger partial charge in [-0.1, -0.05) is 0 Å². The van der Waals surface area contributed by atoms with E-state index in [2.05, 4.69) is 4.74 Å². The van der Waals surface area contributed by atoms with Crippen LogP contribution in [0.15, 0.2) is 0 Å². The van der Waals surface area contributed by atoms with Crippen molar-refractivity contribution in [3.8, 4) is 0 Å². The van der Waals surface area contributed by atoms with Crippen molar-refractivity contribution in [2.45, 2.75) is 19.6 Å². The Bertz CT molecular complexity index is 559. The Morgan fingerprint density at radius 2 is 1.88 bits per heavy atom. The summed E-state index contributed by atoms with van der Waals surface area (Å²) in [5.74, 6) is -0.937. The van der Waals surface area contributed by atoms with Gasteiger partial charge in [-0.3, -0.25) is 0 Å². The van der Waals surface area contributed by atoms with Gasteiger partial charge in [-0.2, -0.15) is 0 Å². The van der Waals surface area contributed by atoms with Gasteiger partial charge in [0.15, 0.2) is 0 Å². The highest BCUT2D eigenvalue weighted by Crippen LogP contribution is 2.25. The largest absolute Gasteiger partial charge is 0.465 e. The van der Waals surface area contributed by atoms with Crippen LogP contribution in [-0.4, -0.2) is 26.1 Å². The minimum atomic E-state index is -3.72. The van der Waals surface area contributed by atoms with Crippen LogP contribution in [0.2, 0.25) is 0 Å². The number of methoxy groups -OCH3 is 1. The van der Waals surface area contributed by atoms with Gasteiger partial charge in [0.25, 0.3) is 0 Å². The fourth-order valence-corrected chi connectivity index (χ4v) is 2.77. The number of halogens is 1. The Hall–Kier alpha value is -1.01. The van der Waals surface area contributed by atoms with E-state index in [1.54, 1.807) is 25.5 Å². The zero-order chi connectivity index (χ0) is 13.4. The van der Waals surface area contributed by atoms with Gasteiger partial charge in [-0.25, -0.2) is 13.2 Å². The van der Waals surface area contributed by atoms with Gasteiger partial charge in [-0.15, -0.1) is 0 Å². The highest BCUT2D eigenvalue weighted by Gasteiger charge is 2.25. The fraction of sp³-hybridized carbons (Fsp3) is 0.500. The van der Waals surface area contributed by atoms with Crippen LogP contribution in [-0.2, 0) is 26.6 Å². The zero-order valence-corrected chi connectivity index (χ0v) is 11.6. The number of hydrogen-bond acceptors (Lipinski definition) is 4. The summed E-state index contributed by atoms with van der Waals surface area (Å²) in [6.45, 7) is 3.46. The lowest BCUT2D eigenvalue weighted by Crippen LogP contribution is -2.07. The quantitative estimate of drug-likeness (QED) is 0.621. The second-order valence-corrected chi connectivity index (χ2v) is 6.54. The average Bonchev–Trinajstić information content (AvgIpc) is 2.41. The van der Waals surface area contributed by atoms with Crippen LogP contribution in [0.25, 0.3) is 0 Å². The summed E-state index contributed by atoms with van der Waals surface area (Å²) >= 11 is 0. The molecular weight excluding hydrogens is 266 g/mol. The van der Waals surface area contributed by atoms with E-state index in [1.807, 2.05) is 0 Å². The Morgan fingerprint density at radius 1 is 1.35 bits per heavy atom. The molecule has 0 atom stereocenters. The van der Waals surface area contributed by atoms with Crippen molar-refractivity contribution in [2.75, 3.05) is 7.11 Å². The molecule has 0 radical (unpaired) electrons. The number of ether oxygens (including phenoxy) is 1. The second kappa shape index (κ2) is 4.70. The lowest BCUT2D eigenvalue weighted by Gasteiger charge is -2.02. The molecule has 0 aliphatic heterocycles. The maximum Gasteiger partial charge on any atom is 0.340 e. The van der Waals surface area contributed by atoms with Crippen LogP contribution in [0.4, 0.5) is 0 Å². The molecule has 0 spiro atoms. The lowest BCUT2D eigenvalue weighted by atomic mass is 10.1. The van der Waals surface area contributed by atoms with Crippen LogP contribution in [0, 0.1) is 13.8 Å². The monoisotopic (exact) mass is 279 g/mol. The molecule has 0 saturated heterocycles. The number of aromatic nitrogens is 1. The second-order valence-electron chi connectivity index (χ2n) is 3.76. The molecule has 96 valence electrons. The molecule has 1 heterocycles. The molecule has 0 bridgehead atoms. The topological polar surface area (TPSA) is 65.4 Å². The molecule has 1 rings (SSSR count). The first-order valence-electron chi connectivity index (χ1n) is 4.84. The molecule has 1 aromatic heterocycles. The number of nitrogens with zero attached hydrogens (tertiary/aromatic N) is 1. The molecule has 0 fully saturated rings. The maximum absolute atomic E-state index is 11.6. The standard InChI is InChI=1S/C10H14ClNO4S/c1-6-8(5-17(11,14)15)9(10(13)16-4)7(2)12(6)3/h5H2,1-4H3. The van der Waals surface area contributed by atoms with Gasteiger partial charge in [-0.05, 0) is 13.8 Å². The number of hydrogen-bond donors (Lipinski definition) is 0. The summed E-state index contributed by atoms with van der Waals surface area (Å²) < 4.78 is 28.7. The van der Waals surface area contributed by atoms with E-state index in [0.29, 0.717) is 17.0 Å². The SMILES string of the molecule is COC(=O)c1c(CS(=O)(=O)Cl)c(C)n(C)c1C. The molecule has 1 aromatic rings. The Morgan fingerprint density at radius 3 is 2.29 bits per heavy atom. The van der Waals surface area contributed by atoms with Crippen LogP contribution in [0.3, 0.4) is 0 Å². The summed E-state index contributed by atoms with van der Waals surface area (Å²) in [5, 5.41) is 0. The van der Waals surface area contributed by atoms with Gasteiger partial charge in [0.05, 0.1) is 18.4 Å². The summed E-state index contributed by atoms with van der Waals surface area (Å²) in [5.41, 5.74) is 2.01. The molecule has 0 amide bonds. The van der Waals surface area contributed by atoms with Gasteiger partial charge < -0.3 is 9.30 Å². The molecule has 5 nitrogen and oxygen atoms in total. The number of esters is 1. The fourth-order valence-electron chi connectivity index (χ4n) is 1.74. The van der Waals surface area contributed by atoms with Crippen molar-refractivity contribution in [2.24, 2.45) is 7.05 Å². The highest BCUT2D eigenvalue weighted by atomic mass is 35.7. The zero-order valence-electron chi connectivity index (χ0n) is 10.1. The predicted molar refractivity (Wildman–Crippen MR) is 64.7 cm³/mol. The van der Waals surface area contributed by atoms with Gasteiger partial charge in [0, 0.05) is 34.7 Å². The highest BCUT2D eigenvalue weighted by molar-refractivity contribution is 8.13. The smallest absolute Gasteiger partial charge is 0.340 e. The predicted octanol–water partition coefficient (Wildman–Crippen LogP) is 1.50. The Kier molecular flexibility index (Phi) is 3.88. The number of carbonyl (C=O) groups is 1. The minimum absolute atomic E-state index is 0.275. The van der Waals surface area contributed by atoms with Gasteiger partial charge in [0.2, 0.25) is 9.05 Å². The van der Waals surface area contributed by atoms with Crippen molar-refractivity contribution in [3.05, 3.63) is 22.5 Å². The van der Waals surface area contributed by atoms with Crippen molar-refractivity contribution in [1.29, 1.82) is 0 Å². The minimum Gasteiger partial charge on any atom is -0.465 e. The third-order valence-electron chi connectivity index (χ3n) is 2.81. The van der Waals surface area contributed by atoms with Crippen molar-refractivity contribution >= 4 is 25.7 Å². The van der Waals surface area contributed by atoms with E-state index in [9.17, 15) is 13.2 Å². The van der Waals surface area contributed by atoms with Crippen LogP contribution < -0.4 is 0 Å². The molecular formula is C10H14ClNO4S. The van der Waals surface area contributed by atoms with Crippen LogP contribution in [0.5, 0.6) is 0 Å². The summed E-state index contributed by atoms with van der Waals surface area (Å²) in [7, 11) is 4.52. The third kappa shape index (κ3) is 2.81. The summed E-state index contributed by atoms with van der Waals surface area (Å²) in [6.07, 6.45) is 0. The average molecular weight is 280 g/mol. The Balaban J connectivity index is 3.47. The van der Waals surface area contributed by atoms with Crippen molar-refractivity contribution < 1.29 is 17.9 Å². The molecule has 0 N–H and O–H groups in total. The maximum atomic E-state index is 11.6. The molecule has 17 heavy (non-hydrogen) atoms. The van der Waals surface area contributed by atoms with Crippen LogP contribution >= 0.6 is 10.7 Å². The van der Waals surface area contributed by atoms with E-state index in [-0.39, 0.29) is 11.3 Å². The van der Waals surface area contributed by atoms with E-state index >= 15 is 0 Å². The molecule has 0 aliphatic rings. The first kappa shape index (κ1) is 14.1.